The number of ether oxygens (including phenoxy) is 4. The van der Waals surface area contributed by atoms with Crippen molar-refractivity contribution in [3.8, 4) is 0 Å². The van der Waals surface area contributed by atoms with Crippen LogP contribution in [0.4, 0.5) is 0 Å². The van der Waals surface area contributed by atoms with Crippen LogP contribution in [0, 0.1) is 0 Å². The van der Waals surface area contributed by atoms with Crippen molar-refractivity contribution in [1.29, 1.82) is 0 Å². The standard InChI is InChI=1S/C19H26O8/c1-5-24-16(20)14(17(21)25-6-2)12-10-9-11-13(12)15(18(22)26-7-3)19(23)27-8-4/h5-11H2,1-4H3. The van der Waals surface area contributed by atoms with Crippen molar-refractivity contribution < 1.29 is 38.1 Å². The van der Waals surface area contributed by atoms with E-state index in [2.05, 4.69) is 0 Å². The third kappa shape index (κ3) is 5.67. The Morgan fingerprint density at radius 2 is 0.852 bits per heavy atom. The summed E-state index contributed by atoms with van der Waals surface area (Å²) in [4.78, 5) is 49.5. The second-order valence-corrected chi connectivity index (χ2v) is 5.44. The molecule has 0 aromatic rings. The first-order valence-electron chi connectivity index (χ1n) is 9.07. The Balaban J connectivity index is 3.62. The van der Waals surface area contributed by atoms with E-state index in [1.54, 1.807) is 27.7 Å². The molecule has 0 spiro atoms. The van der Waals surface area contributed by atoms with Crippen molar-refractivity contribution in [3.05, 3.63) is 22.3 Å². The molecule has 8 nitrogen and oxygen atoms in total. The molecule has 1 aliphatic rings. The van der Waals surface area contributed by atoms with E-state index in [0.29, 0.717) is 19.3 Å². The zero-order valence-electron chi connectivity index (χ0n) is 16.2. The molecule has 1 aliphatic carbocycles. The van der Waals surface area contributed by atoms with Gasteiger partial charge >= 0.3 is 23.9 Å². The molecule has 0 saturated heterocycles. The van der Waals surface area contributed by atoms with Gasteiger partial charge in [-0.2, -0.15) is 0 Å². The lowest BCUT2D eigenvalue weighted by Gasteiger charge is -2.14. The smallest absolute Gasteiger partial charge is 0.345 e. The summed E-state index contributed by atoms with van der Waals surface area (Å²) in [6.07, 6.45) is 1.20. The first kappa shape index (κ1) is 22.4. The van der Waals surface area contributed by atoms with Gasteiger partial charge in [0.05, 0.1) is 26.4 Å². The van der Waals surface area contributed by atoms with Crippen molar-refractivity contribution in [3.63, 3.8) is 0 Å². The van der Waals surface area contributed by atoms with Gasteiger partial charge in [-0.15, -0.1) is 0 Å². The Kier molecular flexibility index (Phi) is 9.25. The van der Waals surface area contributed by atoms with Gasteiger partial charge in [-0.1, -0.05) is 0 Å². The van der Waals surface area contributed by atoms with Crippen LogP contribution in [0.5, 0.6) is 0 Å². The highest BCUT2D eigenvalue weighted by atomic mass is 16.6. The fourth-order valence-corrected chi connectivity index (χ4v) is 2.77. The summed E-state index contributed by atoms with van der Waals surface area (Å²) in [5, 5.41) is 0. The van der Waals surface area contributed by atoms with Crippen LogP contribution in [0.2, 0.25) is 0 Å². The average molecular weight is 382 g/mol. The number of carbonyl (C=O) groups excluding carboxylic acids is 4. The van der Waals surface area contributed by atoms with Crippen LogP contribution in [0.25, 0.3) is 0 Å². The van der Waals surface area contributed by atoms with Gasteiger partial charge < -0.3 is 18.9 Å². The summed E-state index contributed by atoms with van der Waals surface area (Å²) < 4.78 is 19.9. The summed E-state index contributed by atoms with van der Waals surface area (Å²) in [6.45, 7) is 6.71. The zero-order chi connectivity index (χ0) is 20.4. The first-order chi connectivity index (χ1) is 12.9. The summed E-state index contributed by atoms with van der Waals surface area (Å²) in [6, 6.07) is 0. The highest BCUT2D eigenvalue weighted by Crippen LogP contribution is 2.36. The van der Waals surface area contributed by atoms with Crippen molar-refractivity contribution in [1.82, 2.24) is 0 Å². The summed E-state index contributed by atoms with van der Waals surface area (Å²) >= 11 is 0. The van der Waals surface area contributed by atoms with E-state index in [1.165, 1.54) is 0 Å². The summed E-state index contributed by atoms with van der Waals surface area (Å²) in [7, 11) is 0. The molecule has 150 valence electrons. The maximum Gasteiger partial charge on any atom is 0.345 e. The third-order valence-electron chi connectivity index (χ3n) is 3.74. The monoisotopic (exact) mass is 382 g/mol. The lowest BCUT2D eigenvalue weighted by molar-refractivity contribution is -0.148. The summed E-state index contributed by atoms with van der Waals surface area (Å²) in [5.41, 5.74) is -0.0550. The maximum atomic E-state index is 12.4. The molecule has 0 aromatic heterocycles. The minimum atomic E-state index is -0.850. The highest BCUT2D eigenvalue weighted by Gasteiger charge is 2.35. The topological polar surface area (TPSA) is 105 Å². The van der Waals surface area contributed by atoms with Gasteiger partial charge in [0.15, 0.2) is 0 Å². The number of hydrogen-bond acceptors (Lipinski definition) is 8. The predicted molar refractivity (Wildman–Crippen MR) is 94.4 cm³/mol. The molecule has 0 heterocycles. The second kappa shape index (κ2) is 11.2. The number of rotatable bonds is 8. The van der Waals surface area contributed by atoms with Gasteiger partial charge in [-0.3, -0.25) is 0 Å². The van der Waals surface area contributed by atoms with E-state index in [0.717, 1.165) is 0 Å². The molecule has 0 atom stereocenters. The van der Waals surface area contributed by atoms with E-state index in [9.17, 15) is 19.2 Å². The van der Waals surface area contributed by atoms with E-state index >= 15 is 0 Å². The van der Waals surface area contributed by atoms with Gasteiger partial charge in [0.1, 0.15) is 11.1 Å². The quantitative estimate of drug-likeness (QED) is 0.206. The van der Waals surface area contributed by atoms with Crippen LogP contribution in [0.1, 0.15) is 47.0 Å². The van der Waals surface area contributed by atoms with Crippen molar-refractivity contribution in [2.24, 2.45) is 0 Å². The van der Waals surface area contributed by atoms with Crippen molar-refractivity contribution >= 4 is 23.9 Å². The minimum absolute atomic E-state index is 0.0661. The third-order valence-corrected chi connectivity index (χ3v) is 3.74. The first-order valence-corrected chi connectivity index (χ1v) is 9.07. The second-order valence-electron chi connectivity index (χ2n) is 5.44. The van der Waals surface area contributed by atoms with Gasteiger partial charge in [0.25, 0.3) is 0 Å². The lowest BCUT2D eigenvalue weighted by Crippen LogP contribution is -2.23. The SMILES string of the molecule is CCOC(=O)C(C(=O)OCC)=C1CCCC1=C(C(=O)OCC)C(=O)OCC. The molecule has 0 aromatic carbocycles. The van der Waals surface area contributed by atoms with Crippen LogP contribution < -0.4 is 0 Å². The Hall–Kier alpha value is -2.64. The molecule has 0 radical (unpaired) electrons. The Labute approximate surface area is 158 Å². The van der Waals surface area contributed by atoms with Crippen LogP contribution in [-0.2, 0) is 38.1 Å². The largest absolute Gasteiger partial charge is 0.462 e. The molecule has 1 rings (SSSR count). The summed E-state index contributed by atoms with van der Waals surface area (Å²) in [5.74, 6) is -3.40. The van der Waals surface area contributed by atoms with Crippen molar-refractivity contribution in [2.45, 2.75) is 47.0 Å². The molecule has 8 heteroatoms. The molecule has 0 N–H and O–H groups in total. The Morgan fingerprint density at radius 3 is 1.07 bits per heavy atom. The van der Waals surface area contributed by atoms with Crippen LogP contribution in [-0.4, -0.2) is 50.3 Å². The van der Waals surface area contributed by atoms with E-state index in [-0.39, 0.29) is 48.7 Å². The molecule has 0 bridgehead atoms. The molecule has 1 saturated carbocycles. The Morgan fingerprint density at radius 1 is 0.593 bits per heavy atom. The molecule has 0 aliphatic heterocycles. The number of hydrogen-bond donors (Lipinski definition) is 0. The maximum absolute atomic E-state index is 12.4. The fourth-order valence-electron chi connectivity index (χ4n) is 2.77. The number of esters is 4. The van der Waals surface area contributed by atoms with Crippen LogP contribution in [0.3, 0.4) is 0 Å². The normalized spacial score (nSPS) is 13.0. The van der Waals surface area contributed by atoms with Gasteiger partial charge in [0.2, 0.25) is 0 Å². The lowest BCUT2D eigenvalue weighted by atomic mass is 9.97. The molecular formula is C19H26O8. The average Bonchev–Trinajstić information content (AvgIpc) is 3.05. The van der Waals surface area contributed by atoms with E-state index in [1.807, 2.05) is 0 Å². The fraction of sp³-hybridized carbons (Fsp3) is 0.579. The molecule has 27 heavy (non-hydrogen) atoms. The predicted octanol–water partition coefficient (Wildman–Crippen LogP) is 2.02. The van der Waals surface area contributed by atoms with E-state index in [4.69, 9.17) is 18.9 Å². The zero-order valence-corrected chi connectivity index (χ0v) is 16.2. The number of carbonyl (C=O) groups is 4. The van der Waals surface area contributed by atoms with Crippen LogP contribution >= 0.6 is 0 Å². The van der Waals surface area contributed by atoms with Gasteiger partial charge in [0, 0.05) is 0 Å². The minimum Gasteiger partial charge on any atom is -0.462 e. The Bertz CT molecular complexity index is 561. The van der Waals surface area contributed by atoms with Gasteiger partial charge in [-0.25, -0.2) is 19.2 Å². The van der Waals surface area contributed by atoms with E-state index < -0.39 is 23.9 Å². The van der Waals surface area contributed by atoms with Gasteiger partial charge in [-0.05, 0) is 58.1 Å². The highest BCUT2D eigenvalue weighted by molar-refractivity contribution is 6.18. The molecule has 0 amide bonds. The molecule has 1 fully saturated rings. The van der Waals surface area contributed by atoms with Crippen LogP contribution in [0.15, 0.2) is 22.3 Å². The number of allylic oxidation sites excluding steroid dienone is 2. The molecule has 0 unspecified atom stereocenters. The molecular weight excluding hydrogens is 356 g/mol. The van der Waals surface area contributed by atoms with Crippen molar-refractivity contribution in [2.75, 3.05) is 26.4 Å².